The summed E-state index contributed by atoms with van der Waals surface area (Å²) < 4.78 is 0.910. The van der Waals surface area contributed by atoms with Gasteiger partial charge in [0.05, 0.1) is 0 Å². The Hall–Kier alpha value is -0.910. The van der Waals surface area contributed by atoms with Gasteiger partial charge in [-0.15, -0.1) is 10.2 Å². The Kier molecular flexibility index (Phi) is 3.93. The highest BCUT2D eigenvalue weighted by molar-refractivity contribution is 8.00. The number of hydrogen-bond donors (Lipinski definition) is 1. The first-order valence-corrected chi connectivity index (χ1v) is 6.80. The molecule has 0 saturated carbocycles. The summed E-state index contributed by atoms with van der Waals surface area (Å²) in [4.78, 5) is 0. The summed E-state index contributed by atoms with van der Waals surface area (Å²) in [6, 6.07) is 9.51. The molecule has 1 atom stereocenters. The maximum atomic E-state index is 10.1. The van der Waals surface area contributed by atoms with E-state index in [2.05, 4.69) is 17.1 Å². The average Bonchev–Trinajstić information content (AvgIpc) is 2.78. The zero-order valence-corrected chi connectivity index (χ0v) is 10.5. The van der Waals surface area contributed by atoms with Crippen LogP contribution in [0, 0.1) is 0 Å². The molecule has 1 N–H and O–H groups in total. The van der Waals surface area contributed by atoms with Gasteiger partial charge >= 0.3 is 0 Å². The summed E-state index contributed by atoms with van der Waals surface area (Å²) in [5.41, 5.74) is 0.853. The van der Waals surface area contributed by atoms with E-state index in [1.165, 1.54) is 11.3 Å². The topological polar surface area (TPSA) is 46.0 Å². The quantitative estimate of drug-likeness (QED) is 0.850. The highest BCUT2D eigenvalue weighted by Crippen LogP contribution is 2.28. The van der Waals surface area contributed by atoms with E-state index >= 15 is 0 Å². The predicted molar refractivity (Wildman–Crippen MR) is 66.8 cm³/mol. The molecule has 1 heterocycles. The summed E-state index contributed by atoms with van der Waals surface area (Å²) >= 11 is 3.09. The second kappa shape index (κ2) is 5.43. The van der Waals surface area contributed by atoms with E-state index in [-0.39, 0.29) is 0 Å². The van der Waals surface area contributed by atoms with Crippen molar-refractivity contribution in [2.24, 2.45) is 0 Å². The Morgan fingerprint density at radius 2 is 2.06 bits per heavy atom. The zero-order chi connectivity index (χ0) is 11.4. The molecule has 1 aromatic carbocycles. The molecule has 3 nitrogen and oxygen atoms in total. The van der Waals surface area contributed by atoms with Crippen molar-refractivity contribution in [1.29, 1.82) is 0 Å². The maximum Gasteiger partial charge on any atom is 0.174 e. The molecule has 0 aliphatic heterocycles. The molecular weight excluding hydrogens is 240 g/mol. The van der Waals surface area contributed by atoms with Crippen LogP contribution in [0.1, 0.15) is 23.6 Å². The molecule has 5 heteroatoms. The van der Waals surface area contributed by atoms with Gasteiger partial charge in [0.25, 0.3) is 0 Å². The van der Waals surface area contributed by atoms with E-state index in [1.807, 2.05) is 30.3 Å². The van der Waals surface area contributed by atoms with Crippen LogP contribution in [-0.4, -0.2) is 21.1 Å². The molecular formula is C11H12N2OS2. The molecule has 0 fully saturated rings. The third-order valence-electron chi connectivity index (χ3n) is 2.04. The highest BCUT2D eigenvalue weighted by atomic mass is 32.2. The van der Waals surface area contributed by atoms with Crippen molar-refractivity contribution in [2.75, 3.05) is 5.75 Å². The minimum Gasteiger partial charge on any atom is -0.381 e. The van der Waals surface area contributed by atoms with Crippen LogP contribution in [0.3, 0.4) is 0 Å². The van der Waals surface area contributed by atoms with Gasteiger partial charge in [-0.3, -0.25) is 0 Å². The number of aliphatic hydroxyl groups is 1. The summed E-state index contributed by atoms with van der Waals surface area (Å²) in [5.74, 6) is 0.968. The molecule has 16 heavy (non-hydrogen) atoms. The molecule has 0 spiro atoms. The Balaban J connectivity index is 2.17. The average molecular weight is 252 g/mol. The maximum absolute atomic E-state index is 10.1. The first kappa shape index (κ1) is 11.6. The largest absolute Gasteiger partial charge is 0.381 e. The summed E-state index contributed by atoms with van der Waals surface area (Å²) in [5, 5.41) is 18.8. The normalized spacial score (nSPS) is 12.6. The number of thioether (sulfide) groups is 1. The Morgan fingerprint density at radius 1 is 1.31 bits per heavy atom. The van der Waals surface area contributed by atoms with E-state index in [9.17, 15) is 5.11 Å². The first-order chi connectivity index (χ1) is 7.81. The molecule has 84 valence electrons. The van der Waals surface area contributed by atoms with Gasteiger partial charge in [0.1, 0.15) is 6.10 Å². The fourth-order valence-corrected chi connectivity index (χ4v) is 3.07. The Bertz CT molecular complexity index is 444. The monoisotopic (exact) mass is 252 g/mol. The van der Waals surface area contributed by atoms with Gasteiger partial charge in [-0.05, 0) is 11.3 Å². The third kappa shape index (κ3) is 2.61. The van der Waals surface area contributed by atoms with Gasteiger partial charge in [-0.2, -0.15) is 0 Å². The molecule has 0 amide bonds. The van der Waals surface area contributed by atoms with Gasteiger partial charge in [-0.1, -0.05) is 60.4 Å². The van der Waals surface area contributed by atoms with Crippen LogP contribution in [0.25, 0.3) is 0 Å². The van der Waals surface area contributed by atoms with Crippen molar-refractivity contribution in [3.8, 4) is 0 Å². The van der Waals surface area contributed by atoms with Crippen LogP contribution in [0.4, 0.5) is 0 Å². The van der Waals surface area contributed by atoms with Crippen LogP contribution < -0.4 is 0 Å². The lowest BCUT2D eigenvalue weighted by Crippen LogP contribution is -1.98. The standard InChI is InChI=1S/C11H12N2OS2/c1-2-15-11-13-12-10(16-11)9(14)8-6-4-3-5-7-8/h3-7,9,14H,2H2,1H3. The summed E-state index contributed by atoms with van der Waals surface area (Å²) in [6.07, 6.45) is -0.662. The second-order valence-corrected chi connectivity index (χ2v) is 5.67. The first-order valence-electron chi connectivity index (χ1n) is 5.00. The molecule has 2 rings (SSSR count). The minimum atomic E-state index is -0.662. The lowest BCUT2D eigenvalue weighted by Gasteiger charge is -2.05. The van der Waals surface area contributed by atoms with Crippen molar-refractivity contribution in [3.05, 3.63) is 40.9 Å². The van der Waals surface area contributed by atoms with E-state index in [1.54, 1.807) is 11.8 Å². The van der Waals surface area contributed by atoms with Gasteiger partial charge < -0.3 is 5.11 Å². The van der Waals surface area contributed by atoms with Crippen LogP contribution in [0.5, 0.6) is 0 Å². The van der Waals surface area contributed by atoms with E-state index in [0.29, 0.717) is 5.01 Å². The van der Waals surface area contributed by atoms with E-state index in [0.717, 1.165) is 15.7 Å². The lowest BCUT2D eigenvalue weighted by atomic mass is 10.1. The lowest BCUT2D eigenvalue weighted by molar-refractivity contribution is 0.219. The van der Waals surface area contributed by atoms with E-state index in [4.69, 9.17) is 0 Å². The van der Waals surface area contributed by atoms with Gasteiger partial charge in [0.15, 0.2) is 9.35 Å². The number of aromatic nitrogens is 2. The van der Waals surface area contributed by atoms with Gasteiger partial charge in [-0.25, -0.2) is 0 Å². The third-order valence-corrected chi connectivity index (χ3v) is 4.03. The molecule has 0 radical (unpaired) electrons. The van der Waals surface area contributed by atoms with Crippen LogP contribution in [0.2, 0.25) is 0 Å². The Labute approximate surface area is 103 Å². The highest BCUT2D eigenvalue weighted by Gasteiger charge is 2.15. The zero-order valence-electron chi connectivity index (χ0n) is 8.83. The number of rotatable bonds is 4. The van der Waals surface area contributed by atoms with Gasteiger partial charge in [0.2, 0.25) is 0 Å². The van der Waals surface area contributed by atoms with Crippen molar-refractivity contribution in [1.82, 2.24) is 10.2 Å². The van der Waals surface area contributed by atoms with Crippen molar-refractivity contribution in [3.63, 3.8) is 0 Å². The SMILES string of the molecule is CCSc1nnc(C(O)c2ccccc2)s1. The number of benzene rings is 1. The Morgan fingerprint density at radius 3 is 2.75 bits per heavy atom. The fourth-order valence-electron chi connectivity index (χ4n) is 1.29. The number of nitrogens with zero attached hydrogens (tertiary/aromatic N) is 2. The van der Waals surface area contributed by atoms with Crippen molar-refractivity contribution >= 4 is 23.1 Å². The molecule has 2 aromatic rings. The van der Waals surface area contributed by atoms with Crippen LogP contribution in [0.15, 0.2) is 34.7 Å². The van der Waals surface area contributed by atoms with E-state index < -0.39 is 6.10 Å². The molecule has 1 unspecified atom stereocenters. The van der Waals surface area contributed by atoms with Gasteiger partial charge in [0, 0.05) is 0 Å². The van der Waals surface area contributed by atoms with Crippen LogP contribution >= 0.6 is 23.1 Å². The predicted octanol–water partition coefficient (Wildman–Crippen LogP) is 2.73. The molecule has 0 aliphatic rings. The summed E-state index contributed by atoms with van der Waals surface area (Å²) in [7, 11) is 0. The smallest absolute Gasteiger partial charge is 0.174 e. The summed E-state index contributed by atoms with van der Waals surface area (Å²) in [6.45, 7) is 2.07. The van der Waals surface area contributed by atoms with Crippen molar-refractivity contribution in [2.45, 2.75) is 17.4 Å². The number of hydrogen-bond acceptors (Lipinski definition) is 5. The fraction of sp³-hybridized carbons (Fsp3) is 0.273. The van der Waals surface area contributed by atoms with Crippen LogP contribution in [-0.2, 0) is 0 Å². The molecule has 1 aromatic heterocycles. The van der Waals surface area contributed by atoms with Crippen molar-refractivity contribution < 1.29 is 5.11 Å². The number of aliphatic hydroxyl groups excluding tert-OH is 1. The molecule has 0 bridgehead atoms. The minimum absolute atomic E-state index is 0.655. The second-order valence-electron chi connectivity index (χ2n) is 3.15. The molecule has 0 saturated heterocycles. The molecule has 0 aliphatic carbocycles.